The second-order valence-electron chi connectivity index (χ2n) is 4.74. The smallest absolute Gasteiger partial charge is 0.142 e. The predicted octanol–water partition coefficient (Wildman–Crippen LogP) is 3.84. The number of benzene rings is 1. The Kier molecular flexibility index (Phi) is 4.17. The zero-order chi connectivity index (χ0) is 14.8. The van der Waals surface area contributed by atoms with Gasteiger partial charge >= 0.3 is 0 Å². The summed E-state index contributed by atoms with van der Waals surface area (Å²) in [5.41, 5.74) is 5.54. The van der Waals surface area contributed by atoms with E-state index >= 15 is 0 Å². The highest BCUT2D eigenvalue weighted by molar-refractivity contribution is 7.17. The quantitative estimate of drug-likeness (QED) is 0.567. The SMILES string of the molecule is NNC(Cc1ccc(Cl)c(F)c1)c1cnc2ccsc2c1. The van der Waals surface area contributed by atoms with Crippen LogP contribution in [-0.4, -0.2) is 4.98 Å². The molecule has 3 aromatic rings. The fourth-order valence-electron chi connectivity index (χ4n) is 2.23. The van der Waals surface area contributed by atoms with Gasteiger partial charge in [0.2, 0.25) is 0 Å². The fraction of sp³-hybridized carbons (Fsp3) is 0.133. The van der Waals surface area contributed by atoms with Crippen LogP contribution in [0.2, 0.25) is 5.02 Å². The molecule has 1 atom stereocenters. The number of nitrogens with one attached hydrogen (secondary N) is 1. The Morgan fingerprint density at radius 2 is 2.19 bits per heavy atom. The number of rotatable bonds is 4. The van der Waals surface area contributed by atoms with Gasteiger partial charge in [0.25, 0.3) is 0 Å². The van der Waals surface area contributed by atoms with Crippen molar-refractivity contribution in [1.82, 2.24) is 10.4 Å². The van der Waals surface area contributed by atoms with Crippen LogP contribution in [0.5, 0.6) is 0 Å². The Hall–Kier alpha value is -1.53. The van der Waals surface area contributed by atoms with Gasteiger partial charge in [-0.05, 0) is 47.2 Å². The lowest BCUT2D eigenvalue weighted by Crippen LogP contribution is -2.29. The maximum absolute atomic E-state index is 13.5. The van der Waals surface area contributed by atoms with Crippen molar-refractivity contribution in [3.8, 4) is 0 Å². The molecule has 3 nitrogen and oxygen atoms in total. The maximum atomic E-state index is 13.5. The van der Waals surface area contributed by atoms with Crippen molar-refractivity contribution in [2.45, 2.75) is 12.5 Å². The minimum absolute atomic E-state index is 0.123. The molecule has 0 amide bonds. The highest BCUT2D eigenvalue weighted by Gasteiger charge is 2.13. The van der Waals surface area contributed by atoms with E-state index in [1.54, 1.807) is 29.7 Å². The molecule has 0 fully saturated rings. The van der Waals surface area contributed by atoms with Crippen LogP contribution < -0.4 is 11.3 Å². The number of nitrogens with two attached hydrogens (primary N) is 1. The van der Waals surface area contributed by atoms with E-state index in [4.69, 9.17) is 17.4 Å². The van der Waals surface area contributed by atoms with E-state index in [1.807, 2.05) is 11.4 Å². The molecule has 3 N–H and O–H groups in total. The lowest BCUT2D eigenvalue weighted by atomic mass is 10.0. The van der Waals surface area contributed by atoms with Crippen molar-refractivity contribution in [1.29, 1.82) is 0 Å². The first-order chi connectivity index (χ1) is 10.2. The Balaban J connectivity index is 1.88. The lowest BCUT2D eigenvalue weighted by Gasteiger charge is -2.16. The first-order valence-corrected chi connectivity index (χ1v) is 7.66. The minimum atomic E-state index is -0.420. The van der Waals surface area contributed by atoms with Crippen LogP contribution >= 0.6 is 22.9 Å². The molecule has 0 aliphatic rings. The summed E-state index contributed by atoms with van der Waals surface area (Å²) in [4.78, 5) is 4.40. The maximum Gasteiger partial charge on any atom is 0.142 e. The number of hydrazine groups is 1. The highest BCUT2D eigenvalue weighted by atomic mass is 35.5. The Labute approximate surface area is 130 Å². The molecule has 108 valence electrons. The number of aromatic nitrogens is 1. The number of hydrogen-bond acceptors (Lipinski definition) is 4. The monoisotopic (exact) mass is 321 g/mol. The molecule has 0 saturated heterocycles. The van der Waals surface area contributed by atoms with Crippen LogP contribution in [-0.2, 0) is 6.42 Å². The normalized spacial score (nSPS) is 12.7. The van der Waals surface area contributed by atoms with Crippen LogP contribution in [0, 0.1) is 5.82 Å². The predicted molar refractivity (Wildman–Crippen MR) is 84.8 cm³/mol. The largest absolute Gasteiger partial charge is 0.271 e. The van der Waals surface area contributed by atoms with E-state index in [9.17, 15) is 4.39 Å². The Bertz CT molecular complexity index is 774. The molecule has 2 heterocycles. The third kappa shape index (κ3) is 3.06. The topological polar surface area (TPSA) is 50.9 Å². The molecule has 0 bridgehead atoms. The summed E-state index contributed by atoms with van der Waals surface area (Å²) in [5, 5.41) is 2.12. The number of fused-ring (bicyclic) bond motifs is 1. The number of nitrogens with zero attached hydrogens (tertiary/aromatic N) is 1. The summed E-state index contributed by atoms with van der Waals surface area (Å²) in [5.74, 6) is 5.23. The second-order valence-corrected chi connectivity index (χ2v) is 6.10. The van der Waals surface area contributed by atoms with E-state index in [1.165, 1.54) is 6.07 Å². The lowest BCUT2D eigenvalue weighted by molar-refractivity contribution is 0.548. The van der Waals surface area contributed by atoms with Crippen LogP contribution in [0.1, 0.15) is 17.2 Å². The standard InChI is InChI=1S/C15H13ClFN3S/c16-11-2-1-9(5-12(11)17)6-14(20-18)10-7-15-13(19-8-10)3-4-21-15/h1-5,7-8,14,20H,6,18H2. The van der Waals surface area contributed by atoms with Crippen LogP contribution in [0.4, 0.5) is 4.39 Å². The zero-order valence-electron chi connectivity index (χ0n) is 11.0. The van der Waals surface area contributed by atoms with Gasteiger partial charge in [-0.25, -0.2) is 4.39 Å². The fourth-order valence-corrected chi connectivity index (χ4v) is 3.13. The van der Waals surface area contributed by atoms with Crippen molar-refractivity contribution in [2.24, 2.45) is 5.84 Å². The average molecular weight is 322 g/mol. The van der Waals surface area contributed by atoms with Gasteiger partial charge in [0.05, 0.1) is 21.3 Å². The molecule has 0 radical (unpaired) electrons. The summed E-state index contributed by atoms with van der Waals surface area (Å²) in [6.07, 6.45) is 2.36. The molecule has 0 aliphatic carbocycles. The van der Waals surface area contributed by atoms with Gasteiger partial charge in [0.15, 0.2) is 0 Å². The van der Waals surface area contributed by atoms with E-state index in [2.05, 4.69) is 16.5 Å². The Morgan fingerprint density at radius 1 is 1.33 bits per heavy atom. The second kappa shape index (κ2) is 6.07. The van der Waals surface area contributed by atoms with Gasteiger partial charge < -0.3 is 0 Å². The number of halogens is 2. The molecule has 0 aliphatic heterocycles. The number of thiophene rings is 1. The third-order valence-corrected chi connectivity index (χ3v) is 4.51. The summed E-state index contributed by atoms with van der Waals surface area (Å²) < 4.78 is 14.6. The highest BCUT2D eigenvalue weighted by Crippen LogP contribution is 2.25. The summed E-state index contributed by atoms with van der Waals surface area (Å²) in [6, 6.07) is 8.69. The van der Waals surface area contributed by atoms with E-state index in [0.29, 0.717) is 6.42 Å². The van der Waals surface area contributed by atoms with Crippen molar-refractivity contribution in [2.75, 3.05) is 0 Å². The Morgan fingerprint density at radius 3 is 2.95 bits per heavy atom. The van der Waals surface area contributed by atoms with Crippen molar-refractivity contribution < 1.29 is 4.39 Å². The summed E-state index contributed by atoms with van der Waals surface area (Å²) in [6.45, 7) is 0. The zero-order valence-corrected chi connectivity index (χ0v) is 12.6. The van der Waals surface area contributed by atoms with E-state index < -0.39 is 5.82 Å². The molecule has 1 unspecified atom stereocenters. The van der Waals surface area contributed by atoms with Gasteiger partial charge in [-0.2, -0.15) is 0 Å². The van der Waals surface area contributed by atoms with Gasteiger partial charge in [-0.15, -0.1) is 11.3 Å². The van der Waals surface area contributed by atoms with Gasteiger partial charge in [-0.3, -0.25) is 16.3 Å². The van der Waals surface area contributed by atoms with Crippen molar-refractivity contribution in [3.63, 3.8) is 0 Å². The van der Waals surface area contributed by atoms with Crippen LogP contribution in [0.15, 0.2) is 41.9 Å². The molecular formula is C15H13ClFN3S. The van der Waals surface area contributed by atoms with Crippen LogP contribution in [0.25, 0.3) is 10.2 Å². The first-order valence-electron chi connectivity index (χ1n) is 6.40. The molecule has 2 aromatic heterocycles. The molecular weight excluding hydrogens is 309 g/mol. The molecule has 6 heteroatoms. The average Bonchev–Trinajstić information content (AvgIpc) is 2.95. The van der Waals surface area contributed by atoms with Crippen molar-refractivity contribution >= 4 is 33.2 Å². The first kappa shape index (κ1) is 14.4. The van der Waals surface area contributed by atoms with Gasteiger partial charge in [0.1, 0.15) is 5.82 Å². The van der Waals surface area contributed by atoms with Gasteiger partial charge in [-0.1, -0.05) is 17.7 Å². The summed E-state index contributed by atoms with van der Waals surface area (Å²) in [7, 11) is 0. The van der Waals surface area contributed by atoms with Crippen LogP contribution in [0.3, 0.4) is 0 Å². The minimum Gasteiger partial charge on any atom is -0.271 e. The van der Waals surface area contributed by atoms with E-state index in [-0.39, 0.29) is 11.1 Å². The number of hydrogen-bond donors (Lipinski definition) is 2. The van der Waals surface area contributed by atoms with E-state index in [0.717, 1.165) is 21.3 Å². The van der Waals surface area contributed by atoms with Crippen molar-refractivity contribution in [3.05, 3.63) is 63.9 Å². The molecule has 0 spiro atoms. The molecule has 3 rings (SSSR count). The molecule has 21 heavy (non-hydrogen) atoms. The third-order valence-electron chi connectivity index (χ3n) is 3.35. The molecule has 0 saturated carbocycles. The molecule has 1 aromatic carbocycles. The number of pyridine rings is 1. The summed E-state index contributed by atoms with van der Waals surface area (Å²) >= 11 is 7.33. The van der Waals surface area contributed by atoms with Gasteiger partial charge in [0, 0.05) is 6.20 Å².